The molecule has 1 aliphatic rings. The van der Waals surface area contributed by atoms with Crippen molar-refractivity contribution in [3.63, 3.8) is 0 Å². The van der Waals surface area contributed by atoms with Crippen LogP contribution < -0.4 is 5.73 Å². The lowest BCUT2D eigenvalue weighted by Crippen LogP contribution is -2.56. The van der Waals surface area contributed by atoms with Gasteiger partial charge in [0.05, 0.1) is 25.3 Å². The molecule has 0 radical (unpaired) electrons. The summed E-state index contributed by atoms with van der Waals surface area (Å²) >= 11 is 0. The second kappa shape index (κ2) is 6.34. The molecule has 0 bridgehead atoms. The maximum atomic E-state index is 12.7. The average molecular weight is 272 g/mol. The Bertz CT molecular complexity index is 330. The van der Waals surface area contributed by atoms with E-state index in [0.717, 1.165) is 12.8 Å². The molecule has 2 atom stereocenters. The zero-order chi connectivity index (χ0) is 14.6. The lowest BCUT2D eigenvalue weighted by Gasteiger charge is -2.38. The summed E-state index contributed by atoms with van der Waals surface area (Å²) in [7, 11) is 0. The number of carbonyl (C=O) groups is 2. The van der Waals surface area contributed by atoms with Gasteiger partial charge in [-0.05, 0) is 26.7 Å². The van der Waals surface area contributed by atoms with Crippen molar-refractivity contribution in [1.29, 1.82) is 0 Å². The maximum Gasteiger partial charge on any atom is 0.238 e. The molecular weight excluding hydrogens is 248 g/mol. The molecule has 4 N–H and O–H groups in total. The van der Waals surface area contributed by atoms with Gasteiger partial charge in [-0.1, -0.05) is 12.8 Å². The molecule has 1 rings (SSSR count). The minimum atomic E-state index is -1.16. The van der Waals surface area contributed by atoms with Gasteiger partial charge in [0, 0.05) is 0 Å². The first-order valence-corrected chi connectivity index (χ1v) is 6.75. The maximum absolute atomic E-state index is 12.7. The van der Waals surface area contributed by atoms with Gasteiger partial charge in [0.2, 0.25) is 11.8 Å². The Morgan fingerprint density at radius 3 is 1.89 bits per heavy atom. The van der Waals surface area contributed by atoms with Crippen LogP contribution in [0.25, 0.3) is 0 Å². The third-order valence-corrected chi connectivity index (χ3v) is 4.05. The summed E-state index contributed by atoms with van der Waals surface area (Å²) < 4.78 is 0. The van der Waals surface area contributed by atoms with Crippen LogP contribution in [0.15, 0.2) is 0 Å². The fraction of sp³-hybridized carbons (Fsp3) is 0.846. The second-order valence-corrected chi connectivity index (χ2v) is 5.43. The van der Waals surface area contributed by atoms with E-state index in [2.05, 4.69) is 0 Å². The molecule has 6 heteroatoms. The largest absolute Gasteiger partial charge is 0.394 e. The molecule has 1 fully saturated rings. The van der Waals surface area contributed by atoms with Crippen LogP contribution in [0.5, 0.6) is 0 Å². The van der Waals surface area contributed by atoms with E-state index in [0.29, 0.717) is 12.8 Å². The second-order valence-electron chi connectivity index (χ2n) is 5.43. The van der Waals surface area contributed by atoms with Gasteiger partial charge in [-0.25, -0.2) is 0 Å². The third kappa shape index (κ3) is 2.90. The fourth-order valence-corrected chi connectivity index (χ4v) is 2.80. The Labute approximate surface area is 113 Å². The van der Waals surface area contributed by atoms with Gasteiger partial charge in [0.1, 0.15) is 5.41 Å². The SMILES string of the molecule is CC(CO)N(C(=O)C1(C(N)=O)CCCC1)C(C)CO. The van der Waals surface area contributed by atoms with Gasteiger partial charge in [-0.2, -0.15) is 0 Å². The molecule has 0 saturated heterocycles. The number of rotatable bonds is 6. The molecule has 2 unspecified atom stereocenters. The lowest BCUT2D eigenvalue weighted by molar-refractivity contribution is -0.154. The van der Waals surface area contributed by atoms with Gasteiger partial charge in [0.25, 0.3) is 0 Å². The summed E-state index contributed by atoms with van der Waals surface area (Å²) in [5.41, 5.74) is 4.28. The number of primary amides is 1. The quantitative estimate of drug-likeness (QED) is 0.573. The molecule has 2 amide bonds. The molecular formula is C13H24N2O4. The van der Waals surface area contributed by atoms with Crippen molar-refractivity contribution < 1.29 is 19.8 Å². The van der Waals surface area contributed by atoms with Crippen LogP contribution in [-0.2, 0) is 9.59 Å². The Morgan fingerprint density at radius 1 is 1.16 bits per heavy atom. The van der Waals surface area contributed by atoms with E-state index in [1.54, 1.807) is 13.8 Å². The smallest absolute Gasteiger partial charge is 0.238 e. The first kappa shape index (κ1) is 15.9. The zero-order valence-corrected chi connectivity index (χ0v) is 11.6. The number of amides is 2. The monoisotopic (exact) mass is 272 g/mol. The topological polar surface area (TPSA) is 104 Å². The Kier molecular flexibility index (Phi) is 5.31. The van der Waals surface area contributed by atoms with Crippen LogP contribution in [0.1, 0.15) is 39.5 Å². The predicted molar refractivity (Wildman–Crippen MR) is 70.0 cm³/mol. The number of aliphatic hydroxyl groups is 2. The van der Waals surface area contributed by atoms with Crippen LogP contribution in [0.3, 0.4) is 0 Å². The van der Waals surface area contributed by atoms with Gasteiger partial charge in [0.15, 0.2) is 0 Å². The first-order valence-electron chi connectivity index (χ1n) is 6.75. The van der Waals surface area contributed by atoms with Gasteiger partial charge in [-0.15, -0.1) is 0 Å². The highest BCUT2D eigenvalue weighted by Crippen LogP contribution is 2.40. The van der Waals surface area contributed by atoms with Crippen LogP contribution in [0, 0.1) is 5.41 Å². The van der Waals surface area contributed by atoms with E-state index in [1.165, 1.54) is 4.90 Å². The summed E-state index contributed by atoms with van der Waals surface area (Å²) in [5, 5.41) is 18.5. The van der Waals surface area contributed by atoms with E-state index in [-0.39, 0.29) is 19.1 Å². The summed E-state index contributed by atoms with van der Waals surface area (Å²) in [6, 6.07) is -0.905. The summed E-state index contributed by atoms with van der Waals surface area (Å²) in [6.07, 6.45) is 2.50. The number of nitrogens with two attached hydrogens (primary N) is 1. The third-order valence-electron chi connectivity index (χ3n) is 4.05. The number of hydrogen-bond acceptors (Lipinski definition) is 4. The van der Waals surface area contributed by atoms with Crippen molar-refractivity contribution in [2.45, 2.75) is 51.6 Å². The molecule has 110 valence electrons. The molecule has 6 nitrogen and oxygen atoms in total. The van der Waals surface area contributed by atoms with E-state index in [4.69, 9.17) is 5.73 Å². The minimum absolute atomic E-state index is 0.217. The van der Waals surface area contributed by atoms with Crippen molar-refractivity contribution >= 4 is 11.8 Å². The highest BCUT2D eigenvalue weighted by atomic mass is 16.3. The van der Waals surface area contributed by atoms with Gasteiger partial charge >= 0.3 is 0 Å². The van der Waals surface area contributed by atoms with Crippen molar-refractivity contribution in [2.24, 2.45) is 11.1 Å². The minimum Gasteiger partial charge on any atom is -0.394 e. The molecule has 0 spiro atoms. The molecule has 0 aromatic carbocycles. The van der Waals surface area contributed by atoms with Crippen molar-refractivity contribution in [3.05, 3.63) is 0 Å². The van der Waals surface area contributed by atoms with Crippen molar-refractivity contribution in [2.75, 3.05) is 13.2 Å². The molecule has 1 saturated carbocycles. The van der Waals surface area contributed by atoms with E-state index in [1.807, 2.05) is 0 Å². The van der Waals surface area contributed by atoms with Crippen molar-refractivity contribution in [3.8, 4) is 0 Å². The van der Waals surface area contributed by atoms with Crippen molar-refractivity contribution in [1.82, 2.24) is 4.90 Å². The Morgan fingerprint density at radius 2 is 1.58 bits per heavy atom. The fourth-order valence-electron chi connectivity index (χ4n) is 2.80. The Hall–Kier alpha value is -1.14. The summed E-state index contributed by atoms with van der Waals surface area (Å²) in [5.74, 6) is -0.962. The summed E-state index contributed by atoms with van der Waals surface area (Å²) in [6.45, 7) is 2.94. The number of aliphatic hydroxyl groups excluding tert-OH is 2. The zero-order valence-electron chi connectivity index (χ0n) is 11.6. The molecule has 19 heavy (non-hydrogen) atoms. The number of hydrogen-bond donors (Lipinski definition) is 3. The van der Waals surface area contributed by atoms with E-state index < -0.39 is 23.4 Å². The highest BCUT2D eigenvalue weighted by molar-refractivity contribution is 6.04. The van der Waals surface area contributed by atoms with Gasteiger partial charge < -0.3 is 20.8 Å². The molecule has 0 heterocycles. The van der Waals surface area contributed by atoms with Crippen LogP contribution in [-0.4, -0.2) is 52.2 Å². The normalized spacial score (nSPS) is 20.8. The molecule has 1 aliphatic carbocycles. The molecule has 0 aromatic heterocycles. The van der Waals surface area contributed by atoms with E-state index >= 15 is 0 Å². The van der Waals surface area contributed by atoms with Crippen LogP contribution >= 0.6 is 0 Å². The number of carbonyl (C=O) groups excluding carboxylic acids is 2. The predicted octanol–water partition coefficient (Wildman–Crippen LogP) is -0.378. The summed E-state index contributed by atoms with van der Waals surface area (Å²) in [4.78, 5) is 25.9. The standard InChI is InChI=1S/C13H24N2O4/c1-9(7-16)15(10(2)8-17)12(19)13(11(14)18)5-3-4-6-13/h9-10,16-17H,3-8H2,1-2H3,(H2,14,18). The first-order chi connectivity index (χ1) is 8.90. The van der Waals surface area contributed by atoms with Crippen LogP contribution in [0.2, 0.25) is 0 Å². The number of nitrogens with zero attached hydrogens (tertiary/aromatic N) is 1. The lowest BCUT2D eigenvalue weighted by atomic mass is 9.83. The van der Waals surface area contributed by atoms with Gasteiger partial charge in [-0.3, -0.25) is 9.59 Å². The highest BCUT2D eigenvalue weighted by Gasteiger charge is 2.50. The van der Waals surface area contributed by atoms with E-state index in [9.17, 15) is 19.8 Å². The Balaban J connectivity index is 3.07. The van der Waals surface area contributed by atoms with Crippen LogP contribution in [0.4, 0.5) is 0 Å². The average Bonchev–Trinajstić information content (AvgIpc) is 2.88. The molecule has 0 aromatic rings. The molecule has 0 aliphatic heterocycles.